The zero-order valence-electron chi connectivity index (χ0n) is 12.9. The van der Waals surface area contributed by atoms with Gasteiger partial charge in [-0.3, -0.25) is 4.79 Å². The minimum atomic E-state index is -0.707. The first kappa shape index (κ1) is 16.4. The van der Waals surface area contributed by atoms with Crippen molar-refractivity contribution < 1.29 is 9.90 Å². The van der Waals surface area contributed by atoms with Crippen LogP contribution >= 0.6 is 0 Å². The summed E-state index contributed by atoms with van der Waals surface area (Å²) in [5, 5.41) is 16.4. The Hall–Kier alpha value is -0.610. The molecule has 1 saturated carbocycles. The quantitative estimate of drug-likeness (QED) is 0.690. The lowest BCUT2D eigenvalue weighted by Gasteiger charge is -2.40. The van der Waals surface area contributed by atoms with Gasteiger partial charge >= 0.3 is 0 Å². The van der Waals surface area contributed by atoms with E-state index in [4.69, 9.17) is 0 Å². The van der Waals surface area contributed by atoms with Crippen LogP contribution in [0.1, 0.15) is 59.8 Å². The lowest BCUT2D eigenvalue weighted by atomic mass is 9.71. The number of carbonyl (C=O) groups excluding carboxylic acids is 1. The molecule has 1 atom stereocenters. The standard InChI is InChI=1S/C15H30N2O2/c1-5-12(2)16-10-13(18)17-11-15(19)8-6-14(3,4)7-9-15/h12,16,19H,5-11H2,1-4H3,(H,17,18). The van der Waals surface area contributed by atoms with Crippen LogP contribution in [0.25, 0.3) is 0 Å². The largest absolute Gasteiger partial charge is 0.388 e. The van der Waals surface area contributed by atoms with E-state index >= 15 is 0 Å². The van der Waals surface area contributed by atoms with Gasteiger partial charge in [0, 0.05) is 12.6 Å². The molecule has 1 aliphatic rings. The number of rotatable bonds is 6. The molecular formula is C15H30N2O2. The minimum Gasteiger partial charge on any atom is -0.388 e. The molecule has 0 aromatic carbocycles. The van der Waals surface area contributed by atoms with Crippen LogP contribution in [0, 0.1) is 5.41 Å². The molecule has 0 aliphatic heterocycles. The second kappa shape index (κ2) is 6.71. The molecule has 3 N–H and O–H groups in total. The first-order valence-electron chi connectivity index (χ1n) is 7.49. The van der Waals surface area contributed by atoms with E-state index in [-0.39, 0.29) is 5.91 Å². The van der Waals surface area contributed by atoms with E-state index in [1.807, 2.05) is 0 Å². The maximum atomic E-state index is 11.7. The number of amides is 1. The molecular weight excluding hydrogens is 240 g/mol. The summed E-state index contributed by atoms with van der Waals surface area (Å²) in [6.07, 6.45) is 4.60. The Kier molecular flexibility index (Phi) is 5.81. The van der Waals surface area contributed by atoms with Crippen LogP contribution in [0.2, 0.25) is 0 Å². The second-order valence-corrected chi connectivity index (χ2v) is 6.86. The average molecular weight is 270 g/mol. The van der Waals surface area contributed by atoms with E-state index in [1.54, 1.807) is 0 Å². The zero-order valence-corrected chi connectivity index (χ0v) is 12.9. The number of carbonyl (C=O) groups is 1. The van der Waals surface area contributed by atoms with Crippen LogP contribution < -0.4 is 10.6 Å². The molecule has 0 saturated heterocycles. The third kappa shape index (κ3) is 5.91. The third-order valence-electron chi connectivity index (χ3n) is 4.37. The SMILES string of the molecule is CCC(C)NCC(=O)NCC1(O)CCC(C)(C)CC1. The monoisotopic (exact) mass is 270 g/mol. The van der Waals surface area contributed by atoms with Crippen molar-refractivity contribution >= 4 is 5.91 Å². The lowest BCUT2D eigenvalue weighted by Crippen LogP contribution is -2.48. The first-order chi connectivity index (χ1) is 8.76. The van der Waals surface area contributed by atoms with Gasteiger partial charge in [0.1, 0.15) is 0 Å². The summed E-state index contributed by atoms with van der Waals surface area (Å²) in [6.45, 7) is 9.33. The molecule has 0 aromatic heterocycles. The van der Waals surface area contributed by atoms with Gasteiger partial charge in [0.15, 0.2) is 0 Å². The summed E-state index contributed by atoms with van der Waals surface area (Å²) in [5.41, 5.74) is -0.379. The van der Waals surface area contributed by atoms with Gasteiger partial charge < -0.3 is 15.7 Å². The van der Waals surface area contributed by atoms with Crippen LogP contribution in [-0.4, -0.2) is 35.7 Å². The Labute approximate surface area is 117 Å². The Morgan fingerprint density at radius 3 is 2.37 bits per heavy atom. The first-order valence-corrected chi connectivity index (χ1v) is 7.49. The van der Waals surface area contributed by atoms with Crippen molar-refractivity contribution in [1.29, 1.82) is 0 Å². The molecule has 4 heteroatoms. The summed E-state index contributed by atoms with van der Waals surface area (Å²) in [7, 11) is 0. The van der Waals surface area contributed by atoms with E-state index in [0.29, 0.717) is 24.5 Å². The molecule has 0 heterocycles. The van der Waals surface area contributed by atoms with Crippen LogP contribution in [0.15, 0.2) is 0 Å². The van der Waals surface area contributed by atoms with Gasteiger partial charge in [-0.2, -0.15) is 0 Å². The van der Waals surface area contributed by atoms with Gasteiger partial charge in [0.25, 0.3) is 0 Å². The van der Waals surface area contributed by atoms with E-state index in [9.17, 15) is 9.90 Å². The summed E-state index contributed by atoms with van der Waals surface area (Å²) in [6, 6.07) is 0.351. The fourth-order valence-corrected chi connectivity index (χ4v) is 2.31. The van der Waals surface area contributed by atoms with E-state index in [2.05, 4.69) is 38.3 Å². The van der Waals surface area contributed by atoms with Crippen LogP contribution in [0.3, 0.4) is 0 Å². The second-order valence-electron chi connectivity index (χ2n) is 6.86. The van der Waals surface area contributed by atoms with Gasteiger partial charge in [0.2, 0.25) is 5.91 Å². The predicted octanol–water partition coefficient (Wildman–Crippen LogP) is 1.82. The highest BCUT2D eigenvalue weighted by molar-refractivity contribution is 5.78. The van der Waals surface area contributed by atoms with Crippen molar-refractivity contribution in [1.82, 2.24) is 10.6 Å². The molecule has 0 spiro atoms. The highest BCUT2D eigenvalue weighted by atomic mass is 16.3. The summed E-state index contributed by atoms with van der Waals surface area (Å²) in [4.78, 5) is 11.7. The molecule has 0 bridgehead atoms. The van der Waals surface area contributed by atoms with Gasteiger partial charge in [-0.25, -0.2) is 0 Å². The molecule has 1 aliphatic carbocycles. The highest BCUT2D eigenvalue weighted by Gasteiger charge is 2.36. The van der Waals surface area contributed by atoms with Crippen molar-refractivity contribution in [2.45, 2.75) is 71.4 Å². The fraction of sp³-hybridized carbons (Fsp3) is 0.933. The Morgan fingerprint density at radius 1 is 1.26 bits per heavy atom. The summed E-state index contributed by atoms with van der Waals surface area (Å²) >= 11 is 0. The van der Waals surface area contributed by atoms with Crippen molar-refractivity contribution in [3.05, 3.63) is 0 Å². The fourth-order valence-electron chi connectivity index (χ4n) is 2.31. The van der Waals surface area contributed by atoms with Crippen molar-refractivity contribution in [2.75, 3.05) is 13.1 Å². The Bertz CT molecular complexity index is 293. The predicted molar refractivity (Wildman–Crippen MR) is 78.0 cm³/mol. The van der Waals surface area contributed by atoms with Crippen molar-refractivity contribution in [3.8, 4) is 0 Å². The number of aliphatic hydroxyl groups is 1. The maximum absolute atomic E-state index is 11.7. The topological polar surface area (TPSA) is 61.4 Å². The average Bonchev–Trinajstić information content (AvgIpc) is 2.38. The molecule has 112 valence electrons. The van der Waals surface area contributed by atoms with Gasteiger partial charge in [-0.15, -0.1) is 0 Å². The van der Waals surface area contributed by atoms with Crippen LogP contribution in [0.5, 0.6) is 0 Å². The molecule has 1 rings (SSSR count). The molecule has 19 heavy (non-hydrogen) atoms. The van der Waals surface area contributed by atoms with Gasteiger partial charge in [-0.05, 0) is 44.4 Å². The van der Waals surface area contributed by atoms with E-state index in [1.165, 1.54) is 0 Å². The molecule has 1 fully saturated rings. The summed E-state index contributed by atoms with van der Waals surface area (Å²) < 4.78 is 0. The van der Waals surface area contributed by atoms with Gasteiger partial charge in [-0.1, -0.05) is 20.8 Å². The molecule has 0 aromatic rings. The maximum Gasteiger partial charge on any atom is 0.234 e. The van der Waals surface area contributed by atoms with Crippen LogP contribution in [0.4, 0.5) is 0 Å². The minimum absolute atomic E-state index is 0.0291. The van der Waals surface area contributed by atoms with Crippen molar-refractivity contribution in [2.24, 2.45) is 5.41 Å². The Balaban J connectivity index is 2.26. The van der Waals surface area contributed by atoms with E-state index in [0.717, 1.165) is 32.1 Å². The van der Waals surface area contributed by atoms with Crippen LogP contribution in [-0.2, 0) is 4.79 Å². The van der Waals surface area contributed by atoms with Gasteiger partial charge in [0.05, 0.1) is 12.1 Å². The Morgan fingerprint density at radius 2 is 1.84 bits per heavy atom. The molecule has 0 radical (unpaired) electrons. The number of hydrogen-bond acceptors (Lipinski definition) is 3. The number of hydrogen-bond donors (Lipinski definition) is 3. The smallest absolute Gasteiger partial charge is 0.234 e. The normalized spacial score (nSPS) is 22.8. The van der Waals surface area contributed by atoms with E-state index < -0.39 is 5.60 Å². The number of nitrogens with one attached hydrogen (secondary N) is 2. The lowest BCUT2D eigenvalue weighted by molar-refractivity contribution is -0.122. The molecule has 1 amide bonds. The zero-order chi connectivity index (χ0) is 14.5. The highest BCUT2D eigenvalue weighted by Crippen LogP contribution is 2.39. The summed E-state index contributed by atoms with van der Waals surface area (Å²) in [5.74, 6) is -0.0291. The van der Waals surface area contributed by atoms with Crippen molar-refractivity contribution in [3.63, 3.8) is 0 Å². The third-order valence-corrected chi connectivity index (χ3v) is 4.37. The molecule has 1 unspecified atom stereocenters. The molecule has 4 nitrogen and oxygen atoms in total.